The van der Waals surface area contributed by atoms with Crippen LogP contribution in [0.1, 0.15) is 11.1 Å². The molecule has 0 heterocycles. The fourth-order valence-corrected chi connectivity index (χ4v) is 1.32. The van der Waals surface area contributed by atoms with Gasteiger partial charge in [-0.1, -0.05) is 18.2 Å². The number of benzene rings is 1. The van der Waals surface area contributed by atoms with Gasteiger partial charge in [-0.3, -0.25) is 4.79 Å². The molecule has 1 aromatic rings. The van der Waals surface area contributed by atoms with Crippen LogP contribution in [0.25, 0.3) is 0 Å². The van der Waals surface area contributed by atoms with Crippen LogP contribution in [-0.4, -0.2) is 19.6 Å². The lowest BCUT2D eigenvalue weighted by atomic mass is 10.1. The van der Waals surface area contributed by atoms with Crippen LogP contribution in [0.2, 0.25) is 0 Å². The number of rotatable bonds is 3. The molecule has 0 radical (unpaired) electrons. The molecule has 0 aliphatic rings. The minimum Gasteiger partial charge on any atom is -0.375 e. The zero-order chi connectivity index (χ0) is 10.6. The summed E-state index contributed by atoms with van der Waals surface area (Å²) in [6.07, 6.45) is 0. The van der Waals surface area contributed by atoms with Crippen molar-refractivity contribution < 1.29 is 9.53 Å². The van der Waals surface area contributed by atoms with Crippen LogP contribution < -0.4 is 5.32 Å². The highest BCUT2D eigenvalue weighted by Crippen LogP contribution is 2.18. The molecular formula is C11H15NO2. The molecule has 3 nitrogen and oxygen atoms in total. The number of carbonyl (C=O) groups is 1. The molecule has 0 atom stereocenters. The van der Waals surface area contributed by atoms with Crippen molar-refractivity contribution in [1.29, 1.82) is 0 Å². The lowest BCUT2D eigenvalue weighted by molar-refractivity contribution is -0.119. The maximum absolute atomic E-state index is 11.3. The third kappa shape index (κ3) is 2.57. The second-order valence-electron chi connectivity index (χ2n) is 3.25. The van der Waals surface area contributed by atoms with Gasteiger partial charge in [0.25, 0.3) is 0 Å². The average molecular weight is 193 g/mol. The molecule has 0 fully saturated rings. The van der Waals surface area contributed by atoms with Crippen molar-refractivity contribution in [1.82, 2.24) is 0 Å². The van der Waals surface area contributed by atoms with Crippen LogP contribution in [0.4, 0.5) is 5.69 Å². The Morgan fingerprint density at radius 1 is 1.36 bits per heavy atom. The van der Waals surface area contributed by atoms with E-state index in [0.29, 0.717) is 0 Å². The average Bonchev–Trinajstić information content (AvgIpc) is 2.12. The molecule has 0 spiro atoms. The van der Waals surface area contributed by atoms with Gasteiger partial charge in [-0.15, -0.1) is 0 Å². The Labute approximate surface area is 84.1 Å². The number of nitrogens with one attached hydrogen (secondary N) is 1. The maximum Gasteiger partial charge on any atom is 0.250 e. The number of methoxy groups -OCH3 is 1. The van der Waals surface area contributed by atoms with Gasteiger partial charge < -0.3 is 10.1 Å². The summed E-state index contributed by atoms with van der Waals surface area (Å²) in [5, 5.41) is 2.82. The van der Waals surface area contributed by atoms with Gasteiger partial charge in [-0.05, 0) is 25.0 Å². The van der Waals surface area contributed by atoms with Crippen molar-refractivity contribution in [3.8, 4) is 0 Å². The predicted octanol–water partition coefficient (Wildman–Crippen LogP) is 1.89. The molecule has 0 saturated carbocycles. The number of aryl methyl sites for hydroxylation is 2. The molecule has 0 unspecified atom stereocenters. The highest BCUT2D eigenvalue weighted by Gasteiger charge is 2.05. The van der Waals surface area contributed by atoms with Crippen molar-refractivity contribution >= 4 is 11.6 Å². The summed E-state index contributed by atoms with van der Waals surface area (Å²) >= 11 is 0. The number of carbonyl (C=O) groups excluding carboxylic acids is 1. The summed E-state index contributed by atoms with van der Waals surface area (Å²) < 4.78 is 4.74. The molecule has 1 amide bonds. The van der Waals surface area contributed by atoms with Gasteiger partial charge in [-0.25, -0.2) is 0 Å². The molecule has 0 aliphatic carbocycles. The summed E-state index contributed by atoms with van der Waals surface area (Å²) in [6.45, 7) is 4.03. The van der Waals surface area contributed by atoms with E-state index in [9.17, 15) is 4.79 Å². The molecular weight excluding hydrogens is 178 g/mol. The van der Waals surface area contributed by atoms with E-state index in [1.165, 1.54) is 7.11 Å². The highest BCUT2D eigenvalue weighted by molar-refractivity contribution is 5.93. The van der Waals surface area contributed by atoms with Gasteiger partial charge in [0, 0.05) is 12.8 Å². The van der Waals surface area contributed by atoms with Crippen LogP contribution in [0.3, 0.4) is 0 Å². The van der Waals surface area contributed by atoms with Gasteiger partial charge in [0.1, 0.15) is 6.61 Å². The number of para-hydroxylation sites is 1. The molecule has 0 aliphatic heterocycles. The summed E-state index contributed by atoms with van der Waals surface area (Å²) in [5.41, 5.74) is 3.01. The number of ether oxygens (including phenoxy) is 1. The SMILES string of the molecule is COCC(=O)Nc1c(C)cccc1C. The minimum atomic E-state index is -0.120. The first-order valence-electron chi connectivity index (χ1n) is 4.50. The first-order valence-corrected chi connectivity index (χ1v) is 4.50. The fraction of sp³-hybridized carbons (Fsp3) is 0.364. The van der Waals surface area contributed by atoms with E-state index in [4.69, 9.17) is 4.74 Å². The van der Waals surface area contributed by atoms with E-state index in [1.807, 2.05) is 32.0 Å². The first kappa shape index (κ1) is 10.7. The summed E-state index contributed by atoms with van der Waals surface area (Å²) in [6, 6.07) is 5.90. The van der Waals surface area contributed by atoms with E-state index in [0.717, 1.165) is 16.8 Å². The summed E-state index contributed by atoms with van der Waals surface area (Å²) in [5.74, 6) is -0.120. The molecule has 14 heavy (non-hydrogen) atoms. The molecule has 1 rings (SSSR count). The smallest absolute Gasteiger partial charge is 0.250 e. The second-order valence-corrected chi connectivity index (χ2v) is 3.25. The topological polar surface area (TPSA) is 38.3 Å². The number of anilines is 1. The summed E-state index contributed by atoms with van der Waals surface area (Å²) in [4.78, 5) is 11.3. The summed E-state index contributed by atoms with van der Waals surface area (Å²) in [7, 11) is 1.50. The second kappa shape index (κ2) is 4.77. The third-order valence-corrected chi connectivity index (χ3v) is 2.02. The fourth-order valence-electron chi connectivity index (χ4n) is 1.32. The van der Waals surface area contributed by atoms with E-state index in [2.05, 4.69) is 5.32 Å². The quantitative estimate of drug-likeness (QED) is 0.796. The first-order chi connectivity index (χ1) is 6.65. The molecule has 0 saturated heterocycles. The van der Waals surface area contributed by atoms with Crippen molar-refractivity contribution in [2.45, 2.75) is 13.8 Å². The normalized spacial score (nSPS) is 9.93. The Bertz CT molecular complexity index is 314. The standard InChI is InChI=1S/C11H15NO2/c1-8-5-4-6-9(2)11(8)12-10(13)7-14-3/h4-6H,7H2,1-3H3,(H,12,13). The zero-order valence-corrected chi connectivity index (χ0v) is 8.76. The lowest BCUT2D eigenvalue weighted by Gasteiger charge is -2.10. The molecule has 1 N–H and O–H groups in total. The van der Waals surface area contributed by atoms with Crippen molar-refractivity contribution in [2.24, 2.45) is 0 Å². The van der Waals surface area contributed by atoms with E-state index in [1.54, 1.807) is 0 Å². The highest BCUT2D eigenvalue weighted by atomic mass is 16.5. The van der Waals surface area contributed by atoms with Crippen molar-refractivity contribution in [3.05, 3.63) is 29.3 Å². The number of hydrogen-bond donors (Lipinski definition) is 1. The van der Waals surface area contributed by atoms with Crippen LogP contribution >= 0.6 is 0 Å². The molecule has 0 aromatic heterocycles. The van der Waals surface area contributed by atoms with Crippen LogP contribution in [0, 0.1) is 13.8 Å². The minimum absolute atomic E-state index is 0.0910. The maximum atomic E-state index is 11.3. The van der Waals surface area contributed by atoms with Crippen molar-refractivity contribution in [3.63, 3.8) is 0 Å². The molecule has 0 bridgehead atoms. The van der Waals surface area contributed by atoms with Crippen LogP contribution in [-0.2, 0) is 9.53 Å². The third-order valence-electron chi connectivity index (χ3n) is 2.02. The Kier molecular flexibility index (Phi) is 3.65. The van der Waals surface area contributed by atoms with E-state index < -0.39 is 0 Å². The molecule has 76 valence electrons. The van der Waals surface area contributed by atoms with Crippen LogP contribution in [0.15, 0.2) is 18.2 Å². The number of amides is 1. The van der Waals surface area contributed by atoms with Crippen molar-refractivity contribution in [2.75, 3.05) is 19.0 Å². The van der Waals surface area contributed by atoms with Gasteiger partial charge >= 0.3 is 0 Å². The number of hydrogen-bond acceptors (Lipinski definition) is 2. The van der Waals surface area contributed by atoms with E-state index >= 15 is 0 Å². The Balaban J connectivity index is 2.80. The molecule has 1 aromatic carbocycles. The zero-order valence-electron chi connectivity index (χ0n) is 8.76. The monoisotopic (exact) mass is 193 g/mol. The Hall–Kier alpha value is -1.35. The predicted molar refractivity (Wildman–Crippen MR) is 56.4 cm³/mol. The van der Waals surface area contributed by atoms with Crippen LogP contribution in [0.5, 0.6) is 0 Å². The van der Waals surface area contributed by atoms with Gasteiger partial charge in [0.15, 0.2) is 0 Å². The largest absolute Gasteiger partial charge is 0.375 e. The Morgan fingerprint density at radius 2 is 1.93 bits per heavy atom. The Morgan fingerprint density at radius 3 is 2.43 bits per heavy atom. The lowest BCUT2D eigenvalue weighted by Crippen LogP contribution is -2.18. The molecule has 3 heteroatoms. The van der Waals surface area contributed by atoms with Gasteiger partial charge in [-0.2, -0.15) is 0 Å². The van der Waals surface area contributed by atoms with Gasteiger partial charge in [0.2, 0.25) is 5.91 Å². The van der Waals surface area contributed by atoms with Gasteiger partial charge in [0.05, 0.1) is 0 Å². The van der Waals surface area contributed by atoms with E-state index in [-0.39, 0.29) is 12.5 Å².